The van der Waals surface area contributed by atoms with Crippen molar-refractivity contribution in [3.05, 3.63) is 84.2 Å². The van der Waals surface area contributed by atoms with Crippen molar-refractivity contribution in [1.29, 1.82) is 0 Å². The second kappa shape index (κ2) is 8.91. The van der Waals surface area contributed by atoms with Crippen LogP contribution < -0.4 is 14.8 Å². The van der Waals surface area contributed by atoms with Crippen LogP contribution in [0.25, 0.3) is 5.69 Å². The first-order valence-electron chi connectivity index (χ1n) is 10.8. The van der Waals surface area contributed by atoms with Crippen LogP contribution in [-0.4, -0.2) is 45.1 Å². The molecule has 0 saturated heterocycles. The van der Waals surface area contributed by atoms with E-state index in [1.165, 1.54) is 0 Å². The summed E-state index contributed by atoms with van der Waals surface area (Å²) in [5.74, 6) is 2.08. The number of hydrogen-bond donors (Lipinski definition) is 1. The lowest BCUT2D eigenvalue weighted by Crippen LogP contribution is -2.24. The number of nitrogens with one attached hydrogen (secondary N) is 1. The third-order valence-corrected chi connectivity index (χ3v) is 5.61. The molecule has 5 rings (SSSR count). The molecule has 4 heterocycles. The lowest BCUT2D eigenvalue weighted by molar-refractivity contribution is 0.159. The predicted octanol–water partition coefficient (Wildman–Crippen LogP) is 4.29. The molecule has 0 fully saturated rings. The maximum absolute atomic E-state index is 6.35. The summed E-state index contributed by atoms with van der Waals surface area (Å²) in [6.45, 7) is 3.49. The molecule has 1 aliphatic heterocycles. The highest BCUT2D eigenvalue weighted by Crippen LogP contribution is 2.32. The zero-order valence-electron chi connectivity index (χ0n) is 18.9. The second-order valence-corrected chi connectivity index (χ2v) is 8.18. The topological polar surface area (TPSA) is 77.3 Å². The van der Waals surface area contributed by atoms with Gasteiger partial charge in [-0.1, -0.05) is 6.07 Å². The molecule has 1 unspecified atom stereocenters. The van der Waals surface area contributed by atoms with Gasteiger partial charge in [0.1, 0.15) is 17.7 Å². The molecule has 0 saturated carbocycles. The van der Waals surface area contributed by atoms with Crippen LogP contribution in [-0.2, 0) is 6.54 Å². The number of ether oxygens (including phenoxy) is 2. The predicted molar refractivity (Wildman–Crippen MR) is 126 cm³/mol. The van der Waals surface area contributed by atoms with Crippen LogP contribution in [0.15, 0.2) is 67.4 Å². The van der Waals surface area contributed by atoms with Gasteiger partial charge in [-0.25, -0.2) is 4.98 Å². The maximum atomic E-state index is 6.35. The molecule has 0 amide bonds. The minimum atomic E-state index is -0.134. The van der Waals surface area contributed by atoms with Crippen molar-refractivity contribution < 1.29 is 9.47 Å². The molecule has 1 aromatic carbocycles. The normalized spacial score (nSPS) is 15.9. The first-order chi connectivity index (χ1) is 16.1. The minimum Gasteiger partial charge on any atom is -0.494 e. The Labute approximate surface area is 192 Å². The molecule has 1 N–H and O–H groups in total. The Morgan fingerprint density at radius 1 is 1.18 bits per heavy atom. The van der Waals surface area contributed by atoms with E-state index in [0.717, 1.165) is 47.0 Å². The molecule has 0 spiro atoms. The first-order valence-corrected chi connectivity index (χ1v) is 10.8. The van der Waals surface area contributed by atoms with Gasteiger partial charge in [-0.2, -0.15) is 4.98 Å². The van der Waals surface area contributed by atoms with Gasteiger partial charge in [0.15, 0.2) is 0 Å². The van der Waals surface area contributed by atoms with Crippen LogP contribution in [0.1, 0.15) is 22.9 Å². The first kappa shape index (κ1) is 21.0. The zero-order chi connectivity index (χ0) is 22.8. The summed E-state index contributed by atoms with van der Waals surface area (Å²) in [5.41, 5.74) is 4.83. The van der Waals surface area contributed by atoms with E-state index in [1.807, 2.05) is 60.3 Å². The van der Waals surface area contributed by atoms with E-state index in [-0.39, 0.29) is 6.10 Å². The SMILES string of the molecule is COc1cc(Nc2ccc3c(n2)OC(c2cccnc2)CN(C)C3)ccc1-n1cnc(C)c1. The summed E-state index contributed by atoms with van der Waals surface area (Å²) in [6, 6.07) is 13.9. The summed E-state index contributed by atoms with van der Waals surface area (Å²) in [7, 11) is 3.75. The molecular formula is C25H26N6O2. The molecule has 4 aromatic rings. The van der Waals surface area contributed by atoms with Gasteiger partial charge in [0.2, 0.25) is 5.88 Å². The van der Waals surface area contributed by atoms with Gasteiger partial charge in [0.05, 0.1) is 24.8 Å². The fraction of sp³-hybridized carbons (Fsp3) is 0.240. The summed E-state index contributed by atoms with van der Waals surface area (Å²) < 4.78 is 13.9. The minimum absolute atomic E-state index is 0.134. The Morgan fingerprint density at radius 2 is 2.09 bits per heavy atom. The molecule has 0 aliphatic carbocycles. The number of anilines is 2. The Kier molecular flexibility index (Phi) is 5.66. The lowest BCUT2D eigenvalue weighted by Gasteiger charge is -2.20. The number of aryl methyl sites for hydroxylation is 1. The van der Waals surface area contributed by atoms with Gasteiger partial charge in [-0.3, -0.25) is 9.88 Å². The van der Waals surface area contributed by atoms with Crippen LogP contribution >= 0.6 is 0 Å². The number of aromatic nitrogens is 4. The lowest BCUT2D eigenvalue weighted by atomic mass is 10.1. The van der Waals surface area contributed by atoms with E-state index in [4.69, 9.17) is 14.5 Å². The second-order valence-electron chi connectivity index (χ2n) is 8.18. The van der Waals surface area contributed by atoms with Gasteiger partial charge in [0.25, 0.3) is 0 Å². The monoisotopic (exact) mass is 442 g/mol. The Morgan fingerprint density at radius 3 is 2.85 bits per heavy atom. The molecular weight excluding hydrogens is 416 g/mol. The number of methoxy groups -OCH3 is 1. The van der Waals surface area contributed by atoms with Crippen molar-refractivity contribution in [2.45, 2.75) is 19.6 Å². The van der Waals surface area contributed by atoms with E-state index in [0.29, 0.717) is 11.7 Å². The number of pyridine rings is 2. The Bertz CT molecular complexity index is 1260. The largest absolute Gasteiger partial charge is 0.494 e. The molecule has 0 radical (unpaired) electrons. The summed E-state index contributed by atoms with van der Waals surface area (Å²) in [6.07, 6.45) is 7.23. The number of hydrogen-bond acceptors (Lipinski definition) is 7. The fourth-order valence-corrected chi connectivity index (χ4v) is 3.98. The van der Waals surface area contributed by atoms with Crippen molar-refractivity contribution in [2.24, 2.45) is 0 Å². The number of nitrogens with zero attached hydrogens (tertiary/aromatic N) is 5. The zero-order valence-corrected chi connectivity index (χ0v) is 18.9. The molecule has 8 heteroatoms. The van der Waals surface area contributed by atoms with Crippen LogP contribution in [0.2, 0.25) is 0 Å². The van der Waals surface area contributed by atoms with Crippen LogP contribution in [0.5, 0.6) is 11.6 Å². The maximum Gasteiger partial charge on any atom is 0.220 e. The van der Waals surface area contributed by atoms with E-state index in [1.54, 1.807) is 19.6 Å². The molecule has 8 nitrogen and oxygen atoms in total. The van der Waals surface area contributed by atoms with Gasteiger partial charge in [-0.15, -0.1) is 0 Å². The third kappa shape index (κ3) is 4.51. The molecule has 168 valence electrons. The summed E-state index contributed by atoms with van der Waals surface area (Å²) >= 11 is 0. The standard InChI is InChI=1S/C25H26N6O2/c1-17-13-31(16-27-17)21-8-7-20(11-22(21)32-3)28-24-9-6-19-14-30(2)15-23(33-25(19)29-24)18-5-4-10-26-12-18/h4-13,16,23H,14-15H2,1-3H3,(H,28,29). The summed E-state index contributed by atoms with van der Waals surface area (Å²) in [5, 5.41) is 3.38. The highest BCUT2D eigenvalue weighted by molar-refractivity contribution is 5.63. The van der Waals surface area contributed by atoms with Gasteiger partial charge >= 0.3 is 0 Å². The van der Waals surface area contributed by atoms with Crippen LogP contribution in [0.3, 0.4) is 0 Å². The number of rotatable bonds is 5. The molecule has 33 heavy (non-hydrogen) atoms. The summed E-state index contributed by atoms with van der Waals surface area (Å²) in [4.78, 5) is 15.6. The average molecular weight is 443 g/mol. The van der Waals surface area contributed by atoms with E-state index in [9.17, 15) is 0 Å². The highest BCUT2D eigenvalue weighted by Gasteiger charge is 2.24. The molecule has 0 bridgehead atoms. The van der Waals surface area contributed by atoms with E-state index in [2.05, 4.69) is 33.3 Å². The molecule has 1 aliphatic rings. The van der Waals surface area contributed by atoms with Crippen LogP contribution in [0.4, 0.5) is 11.5 Å². The van der Waals surface area contributed by atoms with Crippen molar-refractivity contribution in [2.75, 3.05) is 26.0 Å². The highest BCUT2D eigenvalue weighted by atomic mass is 16.5. The average Bonchev–Trinajstić information content (AvgIpc) is 3.18. The van der Waals surface area contributed by atoms with Crippen molar-refractivity contribution in [3.63, 3.8) is 0 Å². The quantitative estimate of drug-likeness (QED) is 0.494. The smallest absolute Gasteiger partial charge is 0.220 e. The third-order valence-electron chi connectivity index (χ3n) is 5.61. The van der Waals surface area contributed by atoms with Crippen molar-refractivity contribution >= 4 is 11.5 Å². The van der Waals surface area contributed by atoms with Gasteiger partial charge in [-0.05, 0) is 44.3 Å². The van der Waals surface area contributed by atoms with Crippen LogP contribution in [0, 0.1) is 6.92 Å². The fourth-order valence-electron chi connectivity index (χ4n) is 3.98. The number of fused-ring (bicyclic) bond motifs is 1. The molecule has 1 atom stereocenters. The number of likely N-dealkylation sites (N-methyl/N-ethyl adjacent to an activating group) is 1. The molecule has 3 aromatic heterocycles. The van der Waals surface area contributed by atoms with Gasteiger partial charge < -0.3 is 19.4 Å². The number of imidazole rings is 1. The Balaban J connectivity index is 1.41. The van der Waals surface area contributed by atoms with Gasteiger partial charge in [0, 0.05) is 54.6 Å². The van der Waals surface area contributed by atoms with Crippen molar-refractivity contribution in [1.82, 2.24) is 24.4 Å². The number of benzene rings is 1. The Hall–Kier alpha value is -3.91. The van der Waals surface area contributed by atoms with Crippen molar-refractivity contribution in [3.8, 4) is 17.3 Å². The van der Waals surface area contributed by atoms with E-state index >= 15 is 0 Å². The van der Waals surface area contributed by atoms with E-state index < -0.39 is 0 Å².